The van der Waals surface area contributed by atoms with Gasteiger partial charge in [0.25, 0.3) is 11.8 Å². The highest BCUT2D eigenvalue weighted by Gasteiger charge is 2.35. The van der Waals surface area contributed by atoms with Crippen LogP contribution in [0.5, 0.6) is 0 Å². The Labute approximate surface area is 179 Å². The molecular weight excluding hydrogens is 402 g/mol. The fraction of sp³-hybridized carbons (Fsp3) is 0.429. The molecule has 1 atom stereocenters. The molecule has 0 bridgehead atoms. The summed E-state index contributed by atoms with van der Waals surface area (Å²) in [5.74, 6) is -1.44. The number of para-hydroxylation sites is 1. The van der Waals surface area contributed by atoms with Gasteiger partial charge in [0.05, 0.1) is 5.69 Å². The van der Waals surface area contributed by atoms with Gasteiger partial charge >= 0.3 is 0 Å². The summed E-state index contributed by atoms with van der Waals surface area (Å²) in [4.78, 5) is 39.9. The Kier molecular flexibility index (Phi) is 7.04. The minimum absolute atomic E-state index is 0.0510. The fourth-order valence-corrected chi connectivity index (χ4v) is 4.53. The molecule has 1 aromatic carbocycles. The second-order valence-corrected chi connectivity index (χ2v) is 8.22. The Hall–Kier alpha value is -2.94. The Bertz CT molecular complexity index is 909. The van der Waals surface area contributed by atoms with Crippen molar-refractivity contribution in [2.45, 2.75) is 57.5 Å². The average Bonchev–Trinajstić information content (AvgIpc) is 3.37. The number of aromatic nitrogens is 1. The molecule has 1 unspecified atom stereocenters. The summed E-state index contributed by atoms with van der Waals surface area (Å²) in [6.45, 7) is 1.97. The van der Waals surface area contributed by atoms with Gasteiger partial charge in [0.2, 0.25) is 5.91 Å². The maximum absolute atomic E-state index is 13.5. The number of benzene rings is 1. The molecule has 160 valence electrons. The zero-order chi connectivity index (χ0) is 21.7. The van der Waals surface area contributed by atoms with E-state index >= 15 is 0 Å². The van der Waals surface area contributed by atoms with E-state index in [1.807, 2.05) is 13.0 Å². The molecule has 1 aromatic heterocycles. The lowest BCUT2D eigenvalue weighted by Crippen LogP contribution is -2.51. The monoisotopic (exact) mass is 429 g/mol. The highest BCUT2D eigenvalue weighted by Crippen LogP contribution is 2.29. The van der Waals surface area contributed by atoms with Crippen LogP contribution in [0.1, 0.15) is 65.6 Å². The highest BCUT2D eigenvalue weighted by molar-refractivity contribution is 7.09. The van der Waals surface area contributed by atoms with E-state index in [9.17, 15) is 14.4 Å². The average molecular weight is 430 g/mol. The molecule has 0 radical (unpaired) electrons. The molecule has 3 amide bonds. The van der Waals surface area contributed by atoms with Crippen LogP contribution < -0.4 is 21.7 Å². The summed E-state index contributed by atoms with van der Waals surface area (Å²) in [7, 11) is 0. The molecule has 2 aromatic rings. The Morgan fingerprint density at radius 1 is 1.23 bits per heavy atom. The van der Waals surface area contributed by atoms with Crippen LogP contribution in [-0.2, 0) is 4.79 Å². The van der Waals surface area contributed by atoms with Crippen molar-refractivity contribution in [1.82, 2.24) is 9.69 Å². The smallest absolute Gasteiger partial charge is 0.272 e. The van der Waals surface area contributed by atoms with Gasteiger partial charge in [0, 0.05) is 11.7 Å². The predicted molar refractivity (Wildman–Crippen MR) is 117 cm³/mol. The lowest BCUT2D eigenvalue weighted by molar-refractivity contribution is -0.123. The molecular formula is C21H27N5O3S. The summed E-state index contributed by atoms with van der Waals surface area (Å²) >= 11 is 0.817. The second-order valence-electron chi connectivity index (χ2n) is 7.44. The van der Waals surface area contributed by atoms with Gasteiger partial charge < -0.3 is 16.8 Å². The molecule has 1 saturated carbocycles. The van der Waals surface area contributed by atoms with E-state index in [1.165, 1.54) is 4.90 Å². The van der Waals surface area contributed by atoms with Gasteiger partial charge in [-0.1, -0.05) is 44.4 Å². The van der Waals surface area contributed by atoms with E-state index in [0.29, 0.717) is 18.5 Å². The summed E-state index contributed by atoms with van der Waals surface area (Å²) in [5.41, 5.74) is 11.7. The molecule has 3 rings (SSSR count). The second kappa shape index (κ2) is 9.71. The third kappa shape index (κ3) is 4.62. The number of rotatable bonds is 8. The molecule has 9 heteroatoms. The van der Waals surface area contributed by atoms with Crippen LogP contribution in [-0.4, -0.2) is 34.2 Å². The number of nitrogens with two attached hydrogens (primary N) is 2. The molecule has 1 aliphatic rings. The third-order valence-electron chi connectivity index (χ3n) is 5.29. The fourth-order valence-electron chi connectivity index (χ4n) is 3.78. The number of anilines is 2. The molecule has 1 heterocycles. The maximum Gasteiger partial charge on any atom is 0.272 e. The van der Waals surface area contributed by atoms with Crippen molar-refractivity contribution in [3.8, 4) is 0 Å². The zero-order valence-corrected chi connectivity index (χ0v) is 17.8. The minimum Gasteiger partial charge on any atom is -0.395 e. The molecule has 0 saturated heterocycles. The maximum atomic E-state index is 13.5. The first kappa shape index (κ1) is 21.8. The van der Waals surface area contributed by atoms with Crippen LogP contribution in [0.3, 0.4) is 0 Å². The van der Waals surface area contributed by atoms with E-state index in [-0.39, 0.29) is 28.2 Å². The van der Waals surface area contributed by atoms with Crippen molar-refractivity contribution in [2.24, 2.45) is 5.73 Å². The molecule has 30 heavy (non-hydrogen) atoms. The standard InChI is InChI=1S/C21H27N5O3S/c1-2-8-15(20(28)24-13-9-6-7-10-13)26(14-11-4-3-5-12-14)21(29)18-16(22)17(19(23)27)25-30-18/h3-5,11-13,15H,2,6-10,22H2,1H3,(H2,23,27)(H,24,28). The predicted octanol–water partition coefficient (Wildman–Crippen LogP) is 2.70. The van der Waals surface area contributed by atoms with Gasteiger partial charge in [0.15, 0.2) is 5.69 Å². The van der Waals surface area contributed by atoms with Crippen LogP contribution in [0.2, 0.25) is 0 Å². The number of carbonyl (C=O) groups excluding carboxylic acids is 3. The van der Waals surface area contributed by atoms with Gasteiger partial charge in [-0.25, -0.2) is 0 Å². The number of carbonyl (C=O) groups is 3. The SMILES string of the molecule is CCCC(C(=O)NC1CCCC1)N(C(=O)c1snc(C(N)=O)c1N)c1ccccc1. The van der Waals surface area contributed by atoms with Crippen LogP contribution >= 0.6 is 11.5 Å². The summed E-state index contributed by atoms with van der Waals surface area (Å²) < 4.78 is 3.94. The van der Waals surface area contributed by atoms with Crippen LogP contribution in [0, 0.1) is 0 Å². The Morgan fingerprint density at radius 2 is 1.90 bits per heavy atom. The third-order valence-corrected chi connectivity index (χ3v) is 6.14. The molecule has 0 spiro atoms. The largest absolute Gasteiger partial charge is 0.395 e. The molecule has 1 aliphatic carbocycles. The Balaban J connectivity index is 1.99. The van der Waals surface area contributed by atoms with Gasteiger partial charge in [-0.15, -0.1) is 0 Å². The highest BCUT2D eigenvalue weighted by atomic mass is 32.1. The van der Waals surface area contributed by atoms with Crippen LogP contribution in [0.25, 0.3) is 0 Å². The van der Waals surface area contributed by atoms with E-state index in [1.54, 1.807) is 24.3 Å². The van der Waals surface area contributed by atoms with E-state index in [4.69, 9.17) is 11.5 Å². The van der Waals surface area contributed by atoms with E-state index < -0.39 is 17.9 Å². The minimum atomic E-state index is -0.793. The number of nitrogens with one attached hydrogen (secondary N) is 1. The summed E-state index contributed by atoms with van der Waals surface area (Å²) in [6.07, 6.45) is 5.29. The van der Waals surface area contributed by atoms with Gasteiger partial charge in [-0.2, -0.15) is 4.37 Å². The van der Waals surface area contributed by atoms with E-state index in [2.05, 4.69) is 9.69 Å². The normalized spacial score (nSPS) is 15.0. The number of hydrogen-bond acceptors (Lipinski definition) is 6. The van der Waals surface area contributed by atoms with Gasteiger partial charge in [-0.3, -0.25) is 19.3 Å². The van der Waals surface area contributed by atoms with Gasteiger partial charge in [0.1, 0.15) is 10.9 Å². The van der Waals surface area contributed by atoms with Crippen molar-refractivity contribution < 1.29 is 14.4 Å². The number of nitrogens with zero attached hydrogens (tertiary/aromatic N) is 2. The number of hydrogen-bond donors (Lipinski definition) is 3. The van der Waals surface area contributed by atoms with E-state index in [0.717, 1.165) is 37.2 Å². The molecule has 0 aliphatic heterocycles. The zero-order valence-electron chi connectivity index (χ0n) is 17.0. The Morgan fingerprint density at radius 3 is 2.47 bits per heavy atom. The first-order valence-electron chi connectivity index (χ1n) is 10.2. The summed E-state index contributed by atoms with van der Waals surface area (Å²) in [6, 6.07) is 8.43. The molecule has 8 nitrogen and oxygen atoms in total. The van der Waals surface area contributed by atoms with Crippen molar-refractivity contribution >= 4 is 40.6 Å². The lowest BCUT2D eigenvalue weighted by atomic mass is 10.1. The quantitative estimate of drug-likeness (QED) is 0.594. The number of nitrogen functional groups attached to an aromatic ring is 1. The first-order chi connectivity index (χ1) is 14.4. The van der Waals surface area contributed by atoms with Crippen molar-refractivity contribution in [1.29, 1.82) is 0 Å². The topological polar surface area (TPSA) is 131 Å². The van der Waals surface area contributed by atoms with Crippen molar-refractivity contribution in [2.75, 3.05) is 10.6 Å². The number of amides is 3. The van der Waals surface area contributed by atoms with Crippen LogP contribution in [0.15, 0.2) is 30.3 Å². The first-order valence-corrected chi connectivity index (χ1v) is 10.9. The lowest BCUT2D eigenvalue weighted by Gasteiger charge is -2.31. The number of primary amides is 1. The molecule has 1 fully saturated rings. The summed E-state index contributed by atoms with van der Waals surface area (Å²) in [5, 5.41) is 3.11. The van der Waals surface area contributed by atoms with Crippen LogP contribution in [0.4, 0.5) is 11.4 Å². The van der Waals surface area contributed by atoms with Gasteiger partial charge in [-0.05, 0) is 42.9 Å². The van der Waals surface area contributed by atoms with Crippen molar-refractivity contribution in [3.63, 3.8) is 0 Å². The van der Waals surface area contributed by atoms with Crippen molar-refractivity contribution in [3.05, 3.63) is 40.9 Å². The molecule has 5 N–H and O–H groups in total.